The van der Waals surface area contributed by atoms with Gasteiger partial charge in [-0.2, -0.15) is 0 Å². The largest absolute Gasteiger partial charge is 0.504 e. The molecular weight excluding hydrogens is 426 g/mol. The first-order valence-corrected chi connectivity index (χ1v) is 11.6. The van der Waals surface area contributed by atoms with Crippen molar-refractivity contribution in [2.45, 2.75) is 38.3 Å². The number of benzene rings is 2. The fraction of sp³-hybridized carbons (Fsp3) is 0.357. The van der Waals surface area contributed by atoms with Crippen LogP contribution in [0.25, 0.3) is 0 Å². The van der Waals surface area contributed by atoms with Crippen molar-refractivity contribution in [3.8, 4) is 17.6 Å². The summed E-state index contributed by atoms with van der Waals surface area (Å²) in [6.45, 7) is 8.05. The molecule has 0 amide bonds. The number of aromatic hydroxyl groups is 1. The van der Waals surface area contributed by atoms with Gasteiger partial charge in [0.15, 0.2) is 5.75 Å². The Morgan fingerprint density at radius 2 is 1.62 bits per heavy atom. The molecule has 0 aliphatic carbocycles. The van der Waals surface area contributed by atoms with Crippen LogP contribution in [0.4, 0.5) is 0 Å². The van der Waals surface area contributed by atoms with Gasteiger partial charge in [-0.3, -0.25) is 4.90 Å². The van der Waals surface area contributed by atoms with Gasteiger partial charge in [0.2, 0.25) is 0 Å². The van der Waals surface area contributed by atoms with Gasteiger partial charge in [-0.1, -0.05) is 36.1 Å². The second-order valence-electron chi connectivity index (χ2n) is 9.22. The Labute approximate surface area is 201 Å². The molecule has 2 aromatic carbocycles. The average Bonchev–Trinajstić information content (AvgIpc) is 2.83. The lowest BCUT2D eigenvalue weighted by Crippen LogP contribution is -2.35. The quantitative estimate of drug-likeness (QED) is 0.552. The Balaban J connectivity index is 1.43. The first-order valence-electron chi connectivity index (χ1n) is 11.6. The zero-order chi connectivity index (χ0) is 24.0. The summed E-state index contributed by atoms with van der Waals surface area (Å²) in [4.78, 5) is 10.4. The van der Waals surface area contributed by atoms with Crippen LogP contribution in [0.15, 0.2) is 61.1 Å². The SMILES string of the molecule is CC(C)(O)C(Cc1ncncc1O)c1ccc(C#Cc2ccc(CN3CCOCC3)cc2)cc1. The molecule has 1 unspecified atom stereocenters. The van der Waals surface area contributed by atoms with E-state index in [9.17, 15) is 10.2 Å². The van der Waals surface area contributed by atoms with Crippen LogP contribution in [0, 0.1) is 11.8 Å². The van der Waals surface area contributed by atoms with Crippen molar-refractivity contribution < 1.29 is 14.9 Å². The third-order valence-electron chi connectivity index (χ3n) is 6.15. The number of hydrogen-bond acceptors (Lipinski definition) is 6. The van der Waals surface area contributed by atoms with Crippen LogP contribution >= 0.6 is 0 Å². The molecule has 4 rings (SSSR count). The number of nitrogens with zero attached hydrogens (tertiary/aromatic N) is 3. The first kappa shape index (κ1) is 23.9. The fourth-order valence-corrected chi connectivity index (χ4v) is 4.13. The lowest BCUT2D eigenvalue weighted by Gasteiger charge is -2.29. The summed E-state index contributed by atoms with van der Waals surface area (Å²) < 4.78 is 5.41. The molecule has 1 aliphatic rings. The van der Waals surface area contributed by atoms with E-state index >= 15 is 0 Å². The maximum atomic E-state index is 10.8. The van der Waals surface area contributed by atoms with Crippen LogP contribution in [0.2, 0.25) is 0 Å². The van der Waals surface area contributed by atoms with Crippen LogP contribution in [-0.4, -0.2) is 57.0 Å². The maximum absolute atomic E-state index is 10.8. The zero-order valence-corrected chi connectivity index (χ0v) is 19.7. The van der Waals surface area contributed by atoms with Crippen molar-refractivity contribution in [3.05, 3.63) is 89.0 Å². The first-order chi connectivity index (χ1) is 16.4. The summed E-state index contributed by atoms with van der Waals surface area (Å²) in [6, 6.07) is 16.3. The van der Waals surface area contributed by atoms with E-state index in [2.05, 4.69) is 51.0 Å². The molecule has 0 radical (unpaired) electrons. The van der Waals surface area contributed by atoms with Gasteiger partial charge in [0.05, 0.1) is 30.7 Å². The maximum Gasteiger partial charge on any atom is 0.155 e. The molecule has 1 saturated heterocycles. The molecule has 34 heavy (non-hydrogen) atoms. The van der Waals surface area contributed by atoms with Gasteiger partial charge in [0.1, 0.15) is 6.33 Å². The minimum absolute atomic E-state index is 0.0372. The molecule has 2 N–H and O–H groups in total. The number of aromatic nitrogens is 2. The van der Waals surface area contributed by atoms with Gasteiger partial charge in [-0.25, -0.2) is 9.97 Å². The molecule has 6 heteroatoms. The topological polar surface area (TPSA) is 78.7 Å². The summed E-state index contributed by atoms with van der Waals surface area (Å²) in [7, 11) is 0. The van der Waals surface area contributed by atoms with Crippen LogP contribution in [-0.2, 0) is 17.7 Å². The third-order valence-corrected chi connectivity index (χ3v) is 6.15. The van der Waals surface area contributed by atoms with E-state index in [0.29, 0.717) is 12.1 Å². The van der Waals surface area contributed by atoms with Gasteiger partial charge in [-0.05, 0) is 49.2 Å². The standard InChI is InChI=1S/C28H31N3O3/c1-28(2,33)25(17-26-27(32)18-29-20-30-26)24-11-9-22(10-12-24)4-3-21-5-7-23(8-6-21)19-31-13-15-34-16-14-31/h5-12,18,20,25,32-33H,13-17,19H2,1-2H3. The van der Waals surface area contributed by atoms with Gasteiger partial charge >= 0.3 is 0 Å². The highest BCUT2D eigenvalue weighted by Crippen LogP contribution is 2.33. The average molecular weight is 458 g/mol. The summed E-state index contributed by atoms with van der Waals surface area (Å²) in [5.74, 6) is 6.26. The van der Waals surface area contributed by atoms with E-state index in [0.717, 1.165) is 49.5 Å². The highest BCUT2D eigenvalue weighted by molar-refractivity contribution is 5.44. The Bertz CT molecular complexity index is 1140. The van der Waals surface area contributed by atoms with Crippen LogP contribution in [0.1, 0.15) is 47.7 Å². The smallest absolute Gasteiger partial charge is 0.155 e. The van der Waals surface area contributed by atoms with E-state index in [1.165, 1.54) is 18.1 Å². The summed E-state index contributed by atoms with van der Waals surface area (Å²) in [5.41, 5.74) is 3.65. The zero-order valence-electron chi connectivity index (χ0n) is 19.7. The second kappa shape index (κ2) is 10.8. The molecule has 1 aliphatic heterocycles. The normalized spacial score (nSPS) is 15.4. The highest BCUT2D eigenvalue weighted by Gasteiger charge is 2.29. The van der Waals surface area contributed by atoms with Gasteiger partial charge in [-0.15, -0.1) is 0 Å². The van der Waals surface area contributed by atoms with Gasteiger partial charge < -0.3 is 14.9 Å². The van der Waals surface area contributed by atoms with Crippen molar-refractivity contribution in [1.29, 1.82) is 0 Å². The molecular formula is C28H31N3O3. The number of hydrogen-bond donors (Lipinski definition) is 2. The van der Waals surface area contributed by atoms with Crippen molar-refractivity contribution >= 4 is 0 Å². The fourth-order valence-electron chi connectivity index (χ4n) is 4.13. The molecule has 6 nitrogen and oxygen atoms in total. The van der Waals surface area contributed by atoms with Gasteiger partial charge in [0.25, 0.3) is 0 Å². The molecule has 3 aromatic rings. The second-order valence-corrected chi connectivity index (χ2v) is 9.22. The molecule has 0 bridgehead atoms. The van der Waals surface area contributed by atoms with Crippen LogP contribution in [0.3, 0.4) is 0 Å². The van der Waals surface area contributed by atoms with E-state index in [1.807, 2.05) is 24.3 Å². The van der Waals surface area contributed by atoms with Crippen molar-refractivity contribution in [1.82, 2.24) is 14.9 Å². The highest BCUT2D eigenvalue weighted by atomic mass is 16.5. The van der Waals surface area contributed by atoms with Crippen LogP contribution < -0.4 is 0 Å². The lowest BCUT2D eigenvalue weighted by molar-refractivity contribution is 0.0342. The summed E-state index contributed by atoms with van der Waals surface area (Å²) >= 11 is 0. The molecule has 1 aromatic heterocycles. The van der Waals surface area contributed by atoms with E-state index < -0.39 is 5.60 Å². The number of ether oxygens (including phenoxy) is 1. The molecule has 1 fully saturated rings. The monoisotopic (exact) mass is 457 g/mol. The molecule has 0 spiro atoms. The number of morpholine rings is 1. The van der Waals surface area contributed by atoms with Crippen molar-refractivity contribution in [2.75, 3.05) is 26.3 Å². The van der Waals surface area contributed by atoms with Crippen molar-refractivity contribution in [3.63, 3.8) is 0 Å². The molecule has 176 valence electrons. The molecule has 0 saturated carbocycles. The Kier molecular flexibility index (Phi) is 7.59. The van der Waals surface area contributed by atoms with Gasteiger partial charge in [0, 0.05) is 43.1 Å². The van der Waals surface area contributed by atoms with E-state index in [1.54, 1.807) is 13.8 Å². The molecule has 1 atom stereocenters. The third kappa shape index (κ3) is 6.42. The molecule has 2 heterocycles. The number of aliphatic hydroxyl groups is 1. The Morgan fingerprint density at radius 1 is 1.00 bits per heavy atom. The minimum Gasteiger partial charge on any atom is -0.504 e. The predicted octanol–water partition coefficient (Wildman–Crippen LogP) is 3.51. The lowest BCUT2D eigenvalue weighted by atomic mass is 9.81. The number of rotatable bonds is 6. The van der Waals surface area contributed by atoms with E-state index in [4.69, 9.17) is 4.74 Å². The van der Waals surface area contributed by atoms with E-state index in [-0.39, 0.29) is 11.7 Å². The summed E-state index contributed by atoms with van der Waals surface area (Å²) in [5, 5.41) is 20.8. The summed E-state index contributed by atoms with van der Waals surface area (Å²) in [6.07, 6.45) is 3.18. The van der Waals surface area contributed by atoms with Crippen LogP contribution in [0.5, 0.6) is 5.75 Å². The predicted molar refractivity (Wildman–Crippen MR) is 131 cm³/mol. The minimum atomic E-state index is -0.993. The Hall–Kier alpha value is -3.24. The Morgan fingerprint density at radius 3 is 2.21 bits per heavy atom. The van der Waals surface area contributed by atoms with Crippen molar-refractivity contribution in [2.24, 2.45) is 0 Å².